The van der Waals surface area contributed by atoms with Crippen LogP contribution in [-0.2, 0) is 0 Å². The lowest BCUT2D eigenvalue weighted by molar-refractivity contribution is 0.326. The number of ether oxygens (including phenoxy) is 1. The third-order valence-electron chi connectivity index (χ3n) is 2.09. The van der Waals surface area contributed by atoms with Crippen LogP contribution in [0.1, 0.15) is 27.2 Å². The summed E-state index contributed by atoms with van der Waals surface area (Å²) in [5, 5.41) is 0.985. The van der Waals surface area contributed by atoms with Crippen LogP contribution in [0.25, 0.3) is 0 Å². The number of hydrogen-bond acceptors (Lipinski definition) is 4. The Labute approximate surface area is 102 Å². The molecule has 0 atom stereocenters. The van der Waals surface area contributed by atoms with E-state index in [4.69, 9.17) is 10.5 Å². The lowest BCUT2D eigenvalue weighted by Gasteiger charge is -2.08. The summed E-state index contributed by atoms with van der Waals surface area (Å²) in [6, 6.07) is 3.80. The molecule has 1 aromatic heterocycles. The average Bonchev–Trinajstić information content (AvgIpc) is 2.22. The molecule has 2 N–H and O–H groups in total. The molecule has 0 spiro atoms. The van der Waals surface area contributed by atoms with Crippen molar-refractivity contribution in [2.75, 3.05) is 18.1 Å². The van der Waals surface area contributed by atoms with Gasteiger partial charge in [-0.2, -0.15) is 0 Å². The normalized spacial score (nSPS) is 10.8. The fourth-order valence-electron chi connectivity index (χ4n) is 1.17. The van der Waals surface area contributed by atoms with Gasteiger partial charge in [-0.05, 0) is 37.1 Å². The van der Waals surface area contributed by atoms with Crippen molar-refractivity contribution in [3.63, 3.8) is 0 Å². The van der Waals surface area contributed by atoms with Gasteiger partial charge in [0.05, 0.1) is 12.3 Å². The Bertz CT molecular complexity index is 329. The molecule has 0 saturated heterocycles. The molecular formula is C12H20N2OS. The van der Waals surface area contributed by atoms with Gasteiger partial charge in [0.1, 0.15) is 5.03 Å². The van der Waals surface area contributed by atoms with Gasteiger partial charge in [-0.3, -0.25) is 0 Å². The largest absolute Gasteiger partial charge is 0.476 e. The first-order valence-electron chi connectivity index (χ1n) is 5.65. The third-order valence-corrected chi connectivity index (χ3v) is 3.05. The lowest BCUT2D eigenvalue weighted by atomic mass is 10.2. The van der Waals surface area contributed by atoms with Gasteiger partial charge in [-0.25, -0.2) is 4.98 Å². The summed E-state index contributed by atoms with van der Waals surface area (Å²) in [6.07, 6.45) is 1.20. The maximum atomic E-state index is 5.76. The van der Waals surface area contributed by atoms with Gasteiger partial charge in [0, 0.05) is 0 Å². The Morgan fingerprint density at radius 2 is 2.19 bits per heavy atom. The van der Waals surface area contributed by atoms with E-state index >= 15 is 0 Å². The molecule has 3 nitrogen and oxygen atoms in total. The van der Waals surface area contributed by atoms with Crippen molar-refractivity contribution in [1.29, 1.82) is 0 Å². The van der Waals surface area contributed by atoms with E-state index in [1.807, 2.05) is 19.1 Å². The Morgan fingerprint density at radius 3 is 2.81 bits per heavy atom. The van der Waals surface area contributed by atoms with E-state index in [9.17, 15) is 0 Å². The number of thioether (sulfide) groups is 1. The fraction of sp³-hybridized carbons (Fsp3) is 0.583. The molecule has 0 aliphatic carbocycles. The summed E-state index contributed by atoms with van der Waals surface area (Å²) in [5.41, 5.74) is 6.36. The van der Waals surface area contributed by atoms with Crippen LogP contribution < -0.4 is 10.5 Å². The van der Waals surface area contributed by atoms with Crippen molar-refractivity contribution < 1.29 is 4.74 Å². The minimum absolute atomic E-state index is 0.553. The summed E-state index contributed by atoms with van der Waals surface area (Å²) in [5.74, 6) is 2.37. The monoisotopic (exact) mass is 240 g/mol. The zero-order chi connectivity index (χ0) is 12.0. The van der Waals surface area contributed by atoms with Gasteiger partial charge in [-0.1, -0.05) is 13.8 Å². The average molecular weight is 240 g/mol. The molecule has 4 heteroatoms. The standard InChI is InChI=1S/C12H20N2OS/c1-4-15-12-10(13)5-6-11(14-12)16-8-7-9(2)3/h5-6,9H,4,7-8,13H2,1-3H3. The smallest absolute Gasteiger partial charge is 0.238 e. The summed E-state index contributed by atoms with van der Waals surface area (Å²) in [7, 11) is 0. The number of aromatic nitrogens is 1. The van der Waals surface area contributed by atoms with E-state index in [1.54, 1.807) is 11.8 Å². The summed E-state index contributed by atoms with van der Waals surface area (Å²) in [6.45, 7) is 6.97. The molecule has 0 amide bonds. The fourth-order valence-corrected chi connectivity index (χ4v) is 2.28. The molecule has 0 radical (unpaired) electrons. The van der Waals surface area contributed by atoms with Gasteiger partial charge in [0.15, 0.2) is 0 Å². The van der Waals surface area contributed by atoms with Crippen molar-refractivity contribution in [1.82, 2.24) is 4.98 Å². The molecule has 0 bridgehead atoms. The topological polar surface area (TPSA) is 48.1 Å². The predicted octanol–water partition coefficient (Wildman–Crippen LogP) is 3.20. The summed E-state index contributed by atoms with van der Waals surface area (Å²) >= 11 is 1.75. The number of nitrogen functional groups attached to an aromatic ring is 1. The van der Waals surface area contributed by atoms with Gasteiger partial charge in [-0.15, -0.1) is 11.8 Å². The van der Waals surface area contributed by atoms with Crippen molar-refractivity contribution >= 4 is 17.4 Å². The maximum absolute atomic E-state index is 5.76. The Kier molecular flexibility index (Phi) is 5.46. The SMILES string of the molecule is CCOc1nc(SCCC(C)C)ccc1N. The van der Waals surface area contributed by atoms with Crippen LogP contribution >= 0.6 is 11.8 Å². The second-order valence-corrected chi connectivity index (χ2v) is 5.12. The molecule has 0 unspecified atom stereocenters. The summed E-state index contributed by atoms with van der Waals surface area (Å²) in [4.78, 5) is 4.37. The van der Waals surface area contributed by atoms with E-state index in [0.29, 0.717) is 18.2 Å². The van der Waals surface area contributed by atoms with Crippen LogP contribution in [0.15, 0.2) is 17.2 Å². The molecule has 0 fully saturated rings. The Hall–Kier alpha value is -0.900. The van der Waals surface area contributed by atoms with Gasteiger partial charge < -0.3 is 10.5 Å². The quantitative estimate of drug-likeness (QED) is 0.776. The number of nitrogens with zero attached hydrogens (tertiary/aromatic N) is 1. The molecule has 1 aromatic rings. The molecule has 1 rings (SSSR count). The molecule has 90 valence electrons. The van der Waals surface area contributed by atoms with Crippen LogP contribution in [-0.4, -0.2) is 17.3 Å². The first kappa shape index (κ1) is 13.2. The summed E-state index contributed by atoms with van der Waals surface area (Å²) < 4.78 is 5.36. The van der Waals surface area contributed by atoms with E-state index < -0.39 is 0 Å². The number of nitrogens with two attached hydrogens (primary N) is 1. The van der Waals surface area contributed by atoms with E-state index in [-0.39, 0.29) is 0 Å². The molecular weight excluding hydrogens is 220 g/mol. The van der Waals surface area contributed by atoms with Gasteiger partial charge in [0.25, 0.3) is 0 Å². The van der Waals surface area contributed by atoms with Gasteiger partial charge >= 0.3 is 0 Å². The highest BCUT2D eigenvalue weighted by molar-refractivity contribution is 7.99. The minimum atomic E-state index is 0.553. The highest BCUT2D eigenvalue weighted by Gasteiger charge is 2.04. The van der Waals surface area contributed by atoms with Crippen LogP contribution in [0.5, 0.6) is 5.88 Å². The Balaban J connectivity index is 2.56. The molecule has 1 heterocycles. The van der Waals surface area contributed by atoms with Crippen LogP contribution in [0.4, 0.5) is 5.69 Å². The number of rotatable bonds is 6. The van der Waals surface area contributed by atoms with E-state index in [2.05, 4.69) is 18.8 Å². The molecule has 0 saturated carbocycles. The number of anilines is 1. The Morgan fingerprint density at radius 1 is 1.44 bits per heavy atom. The first-order valence-corrected chi connectivity index (χ1v) is 6.64. The van der Waals surface area contributed by atoms with Crippen LogP contribution in [0, 0.1) is 5.92 Å². The predicted molar refractivity (Wildman–Crippen MR) is 70.0 cm³/mol. The van der Waals surface area contributed by atoms with E-state index in [0.717, 1.165) is 16.7 Å². The van der Waals surface area contributed by atoms with Crippen LogP contribution in [0.2, 0.25) is 0 Å². The molecule has 0 aliphatic rings. The van der Waals surface area contributed by atoms with Crippen molar-refractivity contribution in [3.05, 3.63) is 12.1 Å². The molecule has 0 aromatic carbocycles. The highest BCUT2D eigenvalue weighted by atomic mass is 32.2. The number of hydrogen-bond donors (Lipinski definition) is 1. The zero-order valence-electron chi connectivity index (χ0n) is 10.2. The van der Waals surface area contributed by atoms with Gasteiger partial charge in [0.2, 0.25) is 5.88 Å². The van der Waals surface area contributed by atoms with Crippen molar-refractivity contribution in [2.45, 2.75) is 32.2 Å². The molecule has 16 heavy (non-hydrogen) atoms. The first-order chi connectivity index (χ1) is 7.63. The van der Waals surface area contributed by atoms with Crippen molar-refractivity contribution in [3.8, 4) is 5.88 Å². The molecule has 0 aliphatic heterocycles. The lowest BCUT2D eigenvalue weighted by Crippen LogP contribution is -2.00. The highest BCUT2D eigenvalue weighted by Crippen LogP contribution is 2.25. The third kappa shape index (κ3) is 4.31. The number of pyridine rings is 1. The maximum Gasteiger partial charge on any atom is 0.238 e. The zero-order valence-corrected chi connectivity index (χ0v) is 11.0. The van der Waals surface area contributed by atoms with Crippen molar-refractivity contribution in [2.24, 2.45) is 5.92 Å². The van der Waals surface area contributed by atoms with Crippen LogP contribution in [0.3, 0.4) is 0 Å². The van der Waals surface area contributed by atoms with E-state index in [1.165, 1.54) is 6.42 Å². The minimum Gasteiger partial charge on any atom is -0.476 e. The second-order valence-electron chi connectivity index (χ2n) is 4.01. The second kappa shape index (κ2) is 6.63.